The topological polar surface area (TPSA) is 83.1 Å². The summed E-state index contributed by atoms with van der Waals surface area (Å²) in [6, 6.07) is 0. The van der Waals surface area contributed by atoms with E-state index in [4.69, 9.17) is 11.2 Å². The van der Waals surface area contributed by atoms with Crippen molar-refractivity contribution < 1.29 is 0 Å². The highest BCUT2D eigenvalue weighted by atomic mass is 35.7. The fourth-order valence-corrected chi connectivity index (χ4v) is 1.97. The van der Waals surface area contributed by atoms with Crippen molar-refractivity contribution in [2.24, 2.45) is 0 Å². The van der Waals surface area contributed by atoms with Gasteiger partial charge in [0.15, 0.2) is 11.1 Å². The van der Waals surface area contributed by atoms with Crippen LogP contribution in [0.3, 0.4) is 0 Å². The van der Waals surface area contributed by atoms with Crippen molar-refractivity contribution in [1.29, 1.82) is 0 Å². The van der Waals surface area contributed by atoms with E-state index in [2.05, 4.69) is 30.4 Å². The minimum Gasteiger partial charge on any atom is -0.258 e. The SMILES string of the molecule is ClP(c1ncn[nH]1)c1ncn[nH]1. The Morgan fingerprint density at radius 3 is 1.92 bits per heavy atom. The average molecular weight is 203 g/mol. The van der Waals surface area contributed by atoms with Gasteiger partial charge in [0, 0.05) is 0 Å². The molecule has 2 aromatic rings. The van der Waals surface area contributed by atoms with E-state index in [1.54, 1.807) is 0 Å². The molecule has 0 saturated carbocycles. The fourth-order valence-electron chi connectivity index (χ4n) is 0.688. The Labute approximate surface area is 73.3 Å². The van der Waals surface area contributed by atoms with Gasteiger partial charge in [-0.05, 0) is 0 Å². The van der Waals surface area contributed by atoms with Gasteiger partial charge in [0.05, 0.1) is 0 Å². The van der Waals surface area contributed by atoms with Crippen molar-refractivity contribution in [3.05, 3.63) is 12.7 Å². The summed E-state index contributed by atoms with van der Waals surface area (Å²) in [6.07, 6.45) is 2.81. The Morgan fingerprint density at radius 1 is 1.08 bits per heavy atom. The molecule has 0 unspecified atom stereocenters. The number of halogens is 1. The largest absolute Gasteiger partial charge is 0.258 e. The maximum atomic E-state index is 6.01. The van der Waals surface area contributed by atoms with E-state index < -0.39 is 7.27 Å². The van der Waals surface area contributed by atoms with Crippen LogP contribution in [-0.4, -0.2) is 30.4 Å². The van der Waals surface area contributed by atoms with E-state index >= 15 is 0 Å². The maximum absolute atomic E-state index is 6.01. The number of hydrogen-bond acceptors (Lipinski definition) is 4. The summed E-state index contributed by atoms with van der Waals surface area (Å²) in [7, 11) is -1.08. The molecule has 0 radical (unpaired) electrons. The standard InChI is InChI=1S/C4H4ClN6P/c5-12(3-6-1-8-10-3)4-7-2-9-11-4/h1-2H,(H,6,8,10)(H,7,9,11). The van der Waals surface area contributed by atoms with Gasteiger partial charge in [0.25, 0.3) is 0 Å². The van der Waals surface area contributed by atoms with Gasteiger partial charge in [-0.1, -0.05) is 11.2 Å². The third kappa shape index (κ3) is 1.31. The van der Waals surface area contributed by atoms with E-state index in [-0.39, 0.29) is 0 Å². The quantitative estimate of drug-likeness (QED) is 0.644. The first-order valence-electron chi connectivity index (χ1n) is 3.04. The lowest BCUT2D eigenvalue weighted by molar-refractivity contribution is 1.11. The molecule has 0 amide bonds. The number of nitrogens with one attached hydrogen (secondary N) is 2. The summed E-state index contributed by atoms with van der Waals surface area (Å²) >= 11 is 6.01. The monoisotopic (exact) mass is 202 g/mol. The highest BCUT2D eigenvalue weighted by Crippen LogP contribution is 2.34. The Kier molecular flexibility index (Phi) is 2.01. The van der Waals surface area contributed by atoms with Crippen LogP contribution >= 0.6 is 18.5 Å². The summed E-state index contributed by atoms with van der Waals surface area (Å²) in [4.78, 5) is 7.83. The Morgan fingerprint density at radius 2 is 1.58 bits per heavy atom. The van der Waals surface area contributed by atoms with Crippen molar-refractivity contribution in [3.63, 3.8) is 0 Å². The molecule has 0 aliphatic heterocycles. The molecule has 0 fully saturated rings. The van der Waals surface area contributed by atoms with Gasteiger partial charge in [-0.25, -0.2) is 9.97 Å². The minimum absolute atomic E-state index is 0.614. The molecule has 2 heterocycles. The molecule has 0 aliphatic rings. The molecule has 0 aromatic carbocycles. The lowest BCUT2D eigenvalue weighted by Crippen LogP contribution is -2.14. The van der Waals surface area contributed by atoms with Crippen LogP contribution < -0.4 is 11.1 Å². The van der Waals surface area contributed by atoms with Gasteiger partial charge in [0.2, 0.25) is 0 Å². The van der Waals surface area contributed by atoms with Crippen LogP contribution in [-0.2, 0) is 0 Å². The first-order valence-corrected chi connectivity index (χ1v) is 5.29. The highest BCUT2D eigenvalue weighted by Gasteiger charge is 2.16. The number of hydrogen-bond donors (Lipinski definition) is 2. The molecule has 8 heteroatoms. The van der Waals surface area contributed by atoms with Crippen LogP contribution in [0, 0.1) is 0 Å². The van der Waals surface area contributed by atoms with Gasteiger partial charge in [-0.2, -0.15) is 10.2 Å². The summed E-state index contributed by atoms with van der Waals surface area (Å²) in [5.41, 5.74) is 1.23. The summed E-state index contributed by atoms with van der Waals surface area (Å²) in [5.74, 6) is 0. The molecule has 2 N–H and O–H groups in total. The van der Waals surface area contributed by atoms with E-state index in [9.17, 15) is 0 Å². The van der Waals surface area contributed by atoms with E-state index in [1.165, 1.54) is 12.7 Å². The molecule has 2 aromatic heterocycles. The fraction of sp³-hybridized carbons (Fsp3) is 0. The molecule has 62 valence electrons. The normalized spacial score (nSPS) is 10.8. The van der Waals surface area contributed by atoms with E-state index in [1.807, 2.05) is 0 Å². The summed E-state index contributed by atoms with van der Waals surface area (Å²) < 4.78 is 0. The molecule has 0 bridgehead atoms. The van der Waals surface area contributed by atoms with Gasteiger partial charge in [-0.3, -0.25) is 10.2 Å². The maximum Gasteiger partial charge on any atom is 0.170 e. The summed E-state index contributed by atoms with van der Waals surface area (Å²) in [6.45, 7) is 0. The van der Waals surface area contributed by atoms with Gasteiger partial charge < -0.3 is 0 Å². The first-order chi connectivity index (χ1) is 5.88. The highest BCUT2D eigenvalue weighted by molar-refractivity contribution is 7.95. The molecule has 2 rings (SSSR count). The lowest BCUT2D eigenvalue weighted by Gasteiger charge is -1.98. The Balaban J connectivity index is 2.27. The predicted molar refractivity (Wildman–Crippen MR) is 44.8 cm³/mol. The minimum atomic E-state index is -1.08. The average Bonchev–Trinajstić information content (AvgIpc) is 2.77. The predicted octanol–water partition coefficient (Wildman–Crippen LogP) is -0.491. The second kappa shape index (κ2) is 3.16. The number of aromatic amines is 2. The molecule has 0 spiro atoms. The van der Waals surface area contributed by atoms with Gasteiger partial charge in [0.1, 0.15) is 19.9 Å². The van der Waals surface area contributed by atoms with E-state index in [0.717, 1.165) is 0 Å². The van der Waals surface area contributed by atoms with Crippen LogP contribution in [0.1, 0.15) is 0 Å². The Bertz CT molecular complexity index is 296. The molecule has 12 heavy (non-hydrogen) atoms. The smallest absolute Gasteiger partial charge is 0.170 e. The second-order valence-corrected chi connectivity index (χ2v) is 4.32. The van der Waals surface area contributed by atoms with Crippen molar-refractivity contribution in [1.82, 2.24) is 30.4 Å². The zero-order valence-corrected chi connectivity index (χ0v) is 7.42. The van der Waals surface area contributed by atoms with Gasteiger partial charge >= 0.3 is 0 Å². The van der Waals surface area contributed by atoms with Crippen molar-refractivity contribution >= 4 is 29.6 Å². The zero-order chi connectivity index (χ0) is 8.39. The number of nitrogens with zero attached hydrogens (tertiary/aromatic N) is 4. The molecule has 6 nitrogen and oxygen atoms in total. The summed E-state index contributed by atoms with van der Waals surface area (Å²) in [5, 5.41) is 12.7. The molecule has 0 aliphatic carbocycles. The Hall–Kier alpha value is -1.00. The second-order valence-electron chi connectivity index (χ2n) is 1.90. The van der Waals surface area contributed by atoms with E-state index in [0.29, 0.717) is 11.1 Å². The third-order valence-corrected chi connectivity index (χ3v) is 3.31. The zero-order valence-electron chi connectivity index (χ0n) is 5.77. The van der Waals surface area contributed by atoms with Crippen LogP contribution in [0.15, 0.2) is 12.7 Å². The lowest BCUT2D eigenvalue weighted by atomic mass is 11.3. The number of aromatic nitrogens is 6. The molecule has 0 atom stereocenters. The third-order valence-electron chi connectivity index (χ3n) is 1.18. The van der Waals surface area contributed by atoms with Crippen LogP contribution in [0.2, 0.25) is 0 Å². The number of rotatable bonds is 2. The van der Waals surface area contributed by atoms with Crippen molar-refractivity contribution in [2.75, 3.05) is 0 Å². The molecular formula is C4H4ClN6P. The van der Waals surface area contributed by atoms with Crippen LogP contribution in [0.25, 0.3) is 0 Å². The van der Waals surface area contributed by atoms with Crippen molar-refractivity contribution in [3.8, 4) is 0 Å². The van der Waals surface area contributed by atoms with Gasteiger partial charge in [-0.15, -0.1) is 0 Å². The molecular weight excluding hydrogens is 199 g/mol. The van der Waals surface area contributed by atoms with Crippen molar-refractivity contribution in [2.45, 2.75) is 0 Å². The molecule has 0 saturated heterocycles. The van der Waals surface area contributed by atoms with Crippen LogP contribution in [0.4, 0.5) is 0 Å². The van der Waals surface area contributed by atoms with Crippen LogP contribution in [0.5, 0.6) is 0 Å². The first kappa shape index (κ1) is 7.64. The number of H-pyrrole nitrogens is 2.